The Bertz CT molecular complexity index is 1210. The zero-order valence-corrected chi connectivity index (χ0v) is 19.7. The van der Waals surface area contributed by atoms with Gasteiger partial charge in [-0.05, 0) is 56.9 Å². The van der Waals surface area contributed by atoms with Crippen LogP contribution in [0, 0.1) is 13.8 Å². The molecular formula is C24H29N5O4. The molecule has 0 spiro atoms. The zero-order chi connectivity index (χ0) is 24.3. The average molecular weight is 452 g/mol. The molecule has 3 rings (SSSR count). The number of nitrogens with zero attached hydrogens (tertiary/aromatic N) is 3. The number of urea groups is 1. The number of aromatic nitrogens is 3. The van der Waals surface area contributed by atoms with Crippen LogP contribution in [0.25, 0.3) is 11.0 Å². The lowest BCUT2D eigenvalue weighted by molar-refractivity contribution is -0.123. The van der Waals surface area contributed by atoms with Crippen LogP contribution in [-0.4, -0.2) is 39.3 Å². The number of esters is 1. The summed E-state index contributed by atoms with van der Waals surface area (Å²) in [6.07, 6.45) is 1.57. The van der Waals surface area contributed by atoms with Crippen LogP contribution in [0.15, 0.2) is 30.5 Å². The highest BCUT2D eigenvalue weighted by Crippen LogP contribution is 2.25. The molecule has 2 N–H and O–H groups in total. The number of hydrogen-bond donors (Lipinski definition) is 2. The number of amides is 3. The quantitative estimate of drug-likeness (QED) is 0.541. The van der Waals surface area contributed by atoms with E-state index in [1.54, 1.807) is 23.0 Å². The highest BCUT2D eigenvalue weighted by Gasteiger charge is 2.21. The Labute approximate surface area is 192 Å². The second-order valence-corrected chi connectivity index (χ2v) is 8.50. The third-order valence-electron chi connectivity index (χ3n) is 5.33. The van der Waals surface area contributed by atoms with E-state index in [4.69, 9.17) is 4.74 Å². The topological polar surface area (TPSA) is 115 Å². The largest absolute Gasteiger partial charge is 0.452 e. The Morgan fingerprint density at radius 1 is 1.12 bits per heavy atom. The minimum atomic E-state index is -0.738. The van der Waals surface area contributed by atoms with E-state index in [0.717, 1.165) is 11.1 Å². The highest BCUT2D eigenvalue weighted by molar-refractivity contribution is 6.05. The first kappa shape index (κ1) is 23.9. The molecule has 0 saturated heterocycles. The fraction of sp³-hybridized carbons (Fsp3) is 0.375. The lowest BCUT2D eigenvalue weighted by Crippen LogP contribution is -2.37. The standard InChI is InChI=1S/C24H29N5O4/c1-13(2)20-10-17(18-11-25-29(14(3)4)22(18)26-20)23(31)33-12-21(30)28-24(32)27-19-9-7-8-15(5)16(19)6/h7-11,13-14H,12H2,1-6H3,(H2,27,28,30,32). The van der Waals surface area contributed by atoms with Crippen LogP contribution in [0.3, 0.4) is 0 Å². The molecule has 0 aliphatic rings. The lowest BCUT2D eigenvalue weighted by atomic mass is 10.1. The van der Waals surface area contributed by atoms with Gasteiger partial charge in [0.1, 0.15) is 0 Å². The molecular weight excluding hydrogens is 422 g/mol. The number of anilines is 1. The van der Waals surface area contributed by atoms with Crippen LogP contribution < -0.4 is 10.6 Å². The van der Waals surface area contributed by atoms with Crippen molar-refractivity contribution >= 4 is 34.6 Å². The Kier molecular flexibility index (Phi) is 7.10. The Balaban J connectivity index is 1.69. The van der Waals surface area contributed by atoms with E-state index in [-0.39, 0.29) is 17.5 Å². The number of benzene rings is 1. The number of fused-ring (bicyclic) bond motifs is 1. The first-order chi connectivity index (χ1) is 15.6. The summed E-state index contributed by atoms with van der Waals surface area (Å²) >= 11 is 0. The molecule has 3 amide bonds. The minimum absolute atomic E-state index is 0.0580. The summed E-state index contributed by atoms with van der Waals surface area (Å²) in [5, 5.41) is 9.69. The molecule has 0 radical (unpaired) electrons. The van der Waals surface area contributed by atoms with Crippen molar-refractivity contribution in [2.75, 3.05) is 11.9 Å². The van der Waals surface area contributed by atoms with Crippen LogP contribution in [-0.2, 0) is 9.53 Å². The van der Waals surface area contributed by atoms with E-state index in [1.807, 2.05) is 53.7 Å². The Hall–Kier alpha value is -3.75. The second-order valence-electron chi connectivity index (χ2n) is 8.50. The maximum absolute atomic E-state index is 12.8. The number of carbonyl (C=O) groups excluding carboxylic acids is 3. The molecule has 0 fully saturated rings. The predicted octanol–water partition coefficient (Wildman–Crippen LogP) is 4.26. The van der Waals surface area contributed by atoms with Gasteiger partial charge in [0.15, 0.2) is 12.3 Å². The SMILES string of the molecule is Cc1cccc(NC(=O)NC(=O)COC(=O)c2cc(C(C)C)nc3c2cnn3C(C)C)c1C. The molecule has 2 aromatic heterocycles. The summed E-state index contributed by atoms with van der Waals surface area (Å²) in [4.78, 5) is 41.8. The number of rotatable bonds is 6. The van der Waals surface area contributed by atoms with Crippen molar-refractivity contribution in [3.05, 3.63) is 52.8 Å². The molecule has 33 heavy (non-hydrogen) atoms. The van der Waals surface area contributed by atoms with Gasteiger partial charge in [0.2, 0.25) is 0 Å². The van der Waals surface area contributed by atoms with Crippen LogP contribution in [0.5, 0.6) is 0 Å². The minimum Gasteiger partial charge on any atom is -0.452 e. The van der Waals surface area contributed by atoms with Crippen LogP contribution in [0.4, 0.5) is 10.5 Å². The third kappa shape index (κ3) is 5.36. The Morgan fingerprint density at radius 3 is 2.52 bits per heavy atom. The molecule has 174 valence electrons. The van der Waals surface area contributed by atoms with Crippen molar-refractivity contribution in [2.45, 2.75) is 53.5 Å². The fourth-order valence-corrected chi connectivity index (χ4v) is 3.29. The van der Waals surface area contributed by atoms with E-state index >= 15 is 0 Å². The lowest BCUT2D eigenvalue weighted by Gasteiger charge is -2.12. The van der Waals surface area contributed by atoms with Crippen molar-refractivity contribution in [3.8, 4) is 0 Å². The van der Waals surface area contributed by atoms with Crippen molar-refractivity contribution in [1.82, 2.24) is 20.1 Å². The molecule has 9 heteroatoms. The number of pyridine rings is 1. The summed E-state index contributed by atoms with van der Waals surface area (Å²) in [5.74, 6) is -1.34. The van der Waals surface area contributed by atoms with Gasteiger partial charge >= 0.3 is 12.0 Å². The summed E-state index contributed by atoms with van der Waals surface area (Å²) in [7, 11) is 0. The number of ether oxygens (including phenoxy) is 1. The first-order valence-corrected chi connectivity index (χ1v) is 10.8. The number of hydrogen-bond acceptors (Lipinski definition) is 6. The first-order valence-electron chi connectivity index (χ1n) is 10.8. The Morgan fingerprint density at radius 2 is 1.85 bits per heavy atom. The highest BCUT2D eigenvalue weighted by atomic mass is 16.5. The normalized spacial score (nSPS) is 11.2. The number of imide groups is 1. The summed E-state index contributed by atoms with van der Waals surface area (Å²) in [6, 6.07) is 6.50. The van der Waals surface area contributed by atoms with Gasteiger partial charge < -0.3 is 10.1 Å². The number of carbonyl (C=O) groups is 3. The molecule has 2 heterocycles. The average Bonchev–Trinajstić information content (AvgIpc) is 3.19. The van der Waals surface area contributed by atoms with Crippen molar-refractivity contribution < 1.29 is 19.1 Å². The molecule has 0 saturated carbocycles. The molecule has 0 unspecified atom stereocenters. The monoisotopic (exact) mass is 451 g/mol. The molecule has 0 atom stereocenters. The van der Waals surface area contributed by atoms with Crippen molar-refractivity contribution in [2.24, 2.45) is 0 Å². The smallest absolute Gasteiger partial charge is 0.339 e. The van der Waals surface area contributed by atoms with E-state index in [2.05, 4.69) is 20.7 Å². The van der Waals surface area contributed by atoms with Gasteiger partial charge in [-0.3, -0.25) is 10.1 Å². The van der Waals surface area contributed by atoms with E-state index < -0.39 is 24.5 Å². The van der Waals surface area contributed by atoms with Gasteiger partial charge in [0.05, 0.1) is 17.1 Å². The number of aryl methyl sites for hydroxylation is 1. The van der Waals surface area contributed by atoms with Gasteiger partial charge in [-0.25, -0.2) is 19.3 Å². The van der Waals surface area contributed by atoms with Gasteiger partial charge in [-0.2, -0.15) is 5.10 Å². The van der Waals surface area contributed by atoms with Gasteiger partial charge in [0.25, 0.3) is 5.91 Å². The zero-order valence-electron chi connectivity index (χ0n) is 19.7. The van der Waals surface area contributed by atoms with Crippen molar-refractivity contribution in [1.29, 1.82) is 0 Å². The fourth-order valence-electron chi connectivity index (χ4n) is 3.29. The maximum Gasteiger partial charge on any atom is 0.339 e. The summed E-state index contributed by atoms with van der Waals surface area (Å²) < 4.78 is 6.94. The van der Waals surface area contributed by atoms with Gasteiger partial charge in [-0.1, -0.05) is 26.0 Å². The summed E-state index contributed by atoms with van der Waals surface area (Å²) in [5.41, 5.74) is 4.09. The van der Waals surface area contributed by atoms with Crippen LogP contribution in [0.1, 0.15) is 66.8 Å². The van der Waals surface area contributed by atoms with Gasteiger partial charge in [-0.15, -0.1) is 0 Å². The molecule has 0 bridgehead atoms. The maximum atomic E-state index is 12.8. The van der Waals surface area contributed by atoms with E-state index in [9.17, 15) is 14.4 Å². The van der Waals surface area contributed by atoms with E-state index in [1.165, 1.54) is 0 Å². The number of nitrogens with one attached hydrogen (secondary N) is 2. The van der Waals surface area contributed by atoms with Crippen molar-refractivity contribution in [3.63, 3.8) is 0 Å². The van der Waals surface area contributed by atoms with Crippen LogP contribution in [0.2, 0.25) is 0 Å². The van der Waals surface area contributed by atoms with Gasteiger partial charge in [0, 0.05) is 17.4 Å². The van der Waals surface area contributed by atoms with Crippen LogP contribution >= 0.6 is 0 Å². The molecule has 1 aromatic carbocycles. The predicted molar refractivity (Wildman–Crippen MR) is 125 cm³/mol. The molecule has 0 aliphatic carbocycles. The molecule has 0 aliphatic heterocycles. The van der Waals surface area contributed by atoms with E-state index in [0.29, 0.717) is 22.4 Å². The summed E-state index contributed by atoms with van der Waals surface area (Å²) in [6.45, 7) is 11.1. The second kappa shape index (κ2) is 9.81. The molecule has 9 nitrogen and oxygen atoms in total. The third-order valence-corrected chi connectivity index (χ3v) is 5.33. The molecule has 3 aromatic rings.